The van der Waals surface area contributed by atoms with Crippen LogP contribution in [0.2, 0.25) is 5.02 Å². The number of nitrogens with zero attached hydrogens (tertiary/aromatic N) is 6. The predicted octanol–water partition coefficient (Wildman–Crippen LogP) is 6.31. The summed E-state index contributed by atoms with van der Waals surface area (Å²) in [7, 11) is 1.65. The highest BCUT2D eigenvalue weighted by molar-refractivity contribution is 6.30. The molecule has 2 unspecified atom stereocenters. The minimum Gasteiger partial charge on any atom is -0.361 e. The van der Waals surface area contributed by atoms with Crippen LogP contribution in [-0.2, 0) is 29.1 Å². The molecule has 0 aliphatic carbocycles. The Balaban J connectivity index is 0.987. The van der Waals surface area contributed by atoms with Gasteiger partial charge in [-0.25, -0.2) is 9.78 Å². The zero-order valence-corrected chi connectivity index (χ0v) is 33.6. The second-order valence-electron chi connectivity index (χ2n) is 15.0. The topological polar surface area (TPSA) is 169 Å². The van der Waals surface area contributed by atoms with Crippen molar-refractivity contribution in [3.8, 4) is 0 Å². The molecule has 5 heterocycles. The number of nitrogens with one attached hydrogen (secondary N) is 4. The number of fused-ring (bicyclic) bond motifs is 2. The van der Waals surface area contributed by atoms with Gasteiger partial charge in [-0.3, -0.25) is 29.2 Å². The number of halogens is 1. The van der Waals surface area contributed by atoms with Crippen molar-refractivity contribution in [2.24, 2.45) is 11.8 Å². The van der Waals surface area contributed by atoms with E-state index in [2.05, 4.69) is 35.9 Å². The third-order valence-electron chi connectivity index (χ3n) is 10.9. The zero-order valence-electron chi connectivity index (χ0n) is 32.8. The van der Waals surface area contributed by atoms with E-state index >= 15 is 0 Å². The molecule has 5 amide bonds. The number of anilines is 4. The zero-order chi connectivity index (χ0) is 41.2. The number of para-hydroxylation sites is 1. The lowest BCUT2D eigenvalue weighted by Gasteiger charge is -2.35. The predicted molar refractivity (Wildman–Crippen MR) is 227 cm³/mol. The van der Waals surface area contributed by atoms with Crippen LogP contribution in [0.1, 0.15) is 38.3 Å². The Labute approximate surface area is 346 Å². The number of carbonyl (C=O) groups is 4. The standard InChI is InChI=1S/C44H43ClN10O4/c1-26-8-12-29(18-38(26)55-23-31-21-50-43(52-39(31)53(3)44(55)59)51-33-15-9-27(2)47-22-33)42(58)54-24-35(36(25-54)41(57)49-19-28-10-13-32(45)14-11-28)40(56)46-17-16-30-20-48-37-7-5-4-6-34(30)37/h4-15,18,20-22,35-36,48H,16-17,19,23-25H2,1-3H3,(H,46,56)(H,49,57)(H,50,51,52). The molecule has 0 bridgehead atoms. The van der Waals surface area contributed by atoms with Crippen molar-refractivity contribution in [1.29, 1.82) is 0 Å². The Kier molecular flexibility index (Phi) is 11.0. The van der Waals surface area contributed by atoms with Crippen molar-refractivity contribution in [3.05, 3.63) is 136 Å². The molecule has 300 valence electrons. The van der Waals surface area contributed by atoms with E-state index in [-0.39, 0.29) is 49.9 Å². The Morgan fingerprint density at radius 2 is 1.66 bits per heavy atom. The number of likely N-dealkylation sites (tertiary alicyclic amines) is 1. The second-order valence-corrected chi connectivity index (χ2v) is 15.4. The van der Waals surface area contributed by atoms with Gasteiger partial charge in [0, 0.05) is 84.1 Å². The van der Waals surface area contributed by atoms with E-state index in [0.29, 0.717) is 41.0 Å². The molecule has 59 heavy (non-hydrogen) atoms. The van der Waals surface area contributed by atoms with Gasteiger partial charge in [0.05, 0.1) is 30.3 Å². The van der Waals surface area contributed by atoms with Gasteiger partial charge in [0.1, 0.15) is 5.82 Å². The van der Waals surface area contributed by atoms with Crippen molar-refractivity contribution in [1.82, 2.24) is 35.5 Å². The molecule has 4 N–H and O–H groups in total. The summed E-state index contributed by atoms with van der Waals surface area (Å²) in [5, 5.41) is 10.8. The van der Waals surface area contributed by atoms with E-state index in [1.54, 1.807) is 59.6 Å². The van der Waals surface area contributed by atoms with Gasteiger partial charge in [-0.15, -0.1) is 0 Å². The number of urea groups is 1. The molecule has 14 nitrogen and oxygen atoms in total. The van der Waals surface area contributed by atoms with E-state index in [0.717, 1.165) is 44.5 Å². The smallest absolute Gasteiger partial charge is 0.330 e. The summed E-state index contributed by atoms with van der Waals surface area (Å²) >= 11 is 6.06. The lowest BCUT2D eigenvalue weighted by molar-refractivity contribution is -0.133. The summed E-state index contributed by atoms with van der Waals surface area (Å²) < 4.78 is 0. The fraction of sp³-hybridized carbons (Fsp3) is 0.250. The van der Waals surface area contributed by atoms with Crippen LogP contribution < -0.4 is 25.8 Å². The summed E-state index contributed by atoms with van der Waals surface area (Å²) in [6.45, 7) is 4.65. The number of H-pyrrole nitrogens is 1. The second kappa shape index (κ2) is 16.6. The van der Waals surface area contributed by atoms with E-state index < -0.39 is 11.8 Å². The molecule has 2 aliphatic rings. The molecule has 3 aromatic heterocycles. The maximum absolute atomic E-state index is 14.3. The molecule has 6 aromatic rings. The third-order valence-corrected chi connectivity index (χ3v) is 11.2. The lowest BCUT2D eigenvalue weighted by atomic mass is 9.94. The van der Waals surface area contributed by atoms with Crippen LogP contribution in [-0.4, -0.2) is 75.3 Å². The van der Waals surface area contributed by atoms with E-state index in [1.165, 1.54) is 4.90 Å². The first kappa shape index (κ1) is 39.0. The molecule has 0 radical (unpaired) electrons. The average molecular weight is 811 g/mol. The Morgan fingerprint density at radius 1 is 0.898 bits per heavy atom. The first-order valence-electron chi connectivity index (χ1n) is 19.4. The number of carbonyl (C=O) groups excluding carboxylic acids is 4. The molecule has 2 aliphatic heterocycles. The number of amides is 5. The molecule has 3 aromatic carbocycles. The summed E-state index contributed by atoms with van der Waals surface area (Å²) in [4.78, 5) is 77.1. The summed E-state index contributed by atoms with van der Waals surface area (Å²) in [6, 6.07) is 23.8. The minimum atomic E-state index is -0.792. The lowest BCUT2D eigenvalue weighted by Crippen LogP contribution is -2.46. The van der Waals surface area contributed by atoms with Crippen LogP contribution in [0, 0.1) is 25.7 Å². The van der Waals surface area contributed by atoms with Gasteiger partial charge < -0.3 is 25.8 Å². The van der Waals surface area contributed by atoms with Gasteiger partial charge in [0.2, 0.25) is 17.8 Å². The van der Waals surface area contributed by atoms with Gasteiger partial charge in [-0.2, -0.15) is 4.98 Å². The fourth-order valence-electron chi connectivity index (χ4n) is 7.66. The van der Waals surface area contributed by atoms with Crippen LogP contribution >= 0.6 is 11.6 Å². The molecule has 8 rings (SSSR count). The highest BCUT2D eigenvalue weighted by atomic mass is 35.5. The molecule has 15 heteroatoms. The molecule has 0 spiro atoms. The minimum absolute atomic E-state index is 0.0418. The van der Waals surface area contributed by atoms with Gasteiger partial charge in [0.15, 0.2) is 0 Å². The van der Waals surface area contributed by atoms with Crippen LogP contribution in [0.25, 0.3) is 10.9 Å². The average Bonchev–Trinajstić information content (AvgIpc) is 3.88. The first-order chi connectivity index (χ1) is 28.5. The van der Waals surface area contributed by atoms with E-state index in [9.17, 15) is 19.2 Å². The van der Waals surface area contributed by atoms with Crippen molar-refractivity contribution >= 4 is 69.4 Å². The summed E-state index contributed by atoms with van der Waals surface area (Å²) in [5.74, 6) is -1.75. The third kappa shape index (κ3) is 8.30. The van der Waals surface area contributed by atoms with Crippen molar-refractivity contribution in [3.63, 3.8) is 0 Å². The number of benzene rings is 3. The number of pyridine rings is 1. The summed E-state index contributed by atoms with van der Waals surface area (Å²) in [6.07, 6.45) is 5.90. The fourth-order valence-corrected chi connectivity index (χ4v) is 7.78. The number of aromatic amines is 1. The highest BCUT2D eigenvalue weighted by Crippen LogP contribution is 2.34. The monoisotopic (exact) mass is 810 g/mol. The number of hydrogen-bond acceptors (Lipinski definition) is 8. The molecule has 1 fully saturated rings. The van der Waals surface area contributed by atoms with Crippen LogP contribution in [0.15, 0.2) is 97.5 Å². The number of aryl methyl sites for hydroxylation is 2. The van der Waals surface area contributed by atoms with Gasteiger partial charge in [-0.05, 0) is 79.4 Å². The molecule has 1 saturated heterocycles. The summed E-state index contributed by atoms with van der Waals surface area (Å²) in [5.41, 5.74) is 6.93. The number of aromatic nitrogens is 4. The van der Waals surface area contributed by atoms with E-state index in [4.69, 9.17) is 11.6 Å². The molecule has 0 saturated carbocycles. The first-order valence-corrected chi connectivity index (χ1v) is 19.8. The Bertz CT molecular complexity index is 2560. The van der Waals surface area contributed by atoms with Gasteiger partial charge in [0.25, 0.3) is 5.91 Å². The largest absolute Gasteiger partial charge is 0.361 e. The quantitative estimate of drug-likeness (QED) is 0.118. The van der Waals surface area contributed by atoms with Crippen LogP contribution in [0.3, 0.4) is 0 Å². The highest BCUT2D eigenvalue weighted by Gasteiger charge is 2.44. The van der Waals surface area contributed by atoms with E-state index in [1.807, 2.05) is 68.6 Å². The van der Waals surface area contributed by atoms with Crippen LogP contribution in [0.4, 0.5) is 27.9 Å². The van der Waals surface area contributed by atoms with Crippen molar-refractivity contribution in [2.75, 3.05) is 41.8 Å². The Hall–Kier alpha value is -6.80. The van der Waals surface area contributed by atoms with Gasteiger partial charge >= 0.3 is 6.03 Å². The van der Waals surface area contributed by atoms with Gasteiger partial charge in [-0.1, -0.05) is 48.0 Å². The SMILES string of the molecule is Cc1ccc(Nc2ncc3c(n2)N(C)C(=O)N(c2cc(C(=O)N4CC(C(=O)NCCc5c[nH]c6ccccc56)C(C(=O)NCc5ccc(Cl)cc5)C4)ccc2C)C3)cn1. The van der Waals surface area contributed by atoms with Crippen molar-refractivity contribution < 1.29 is 19.2 Å². The normalized spacial score (nSPS) is 16.3. The molecular weight excluding hydrogens is 768 g/mol. The van der Waals surface area contributed by atoms with Crippen LogP contribution in [0.5, 0.6) is 0 Å². The maximum atomic E-state index is 14.3. The molecule has 2 atom stereocenters. The Morgan fingerprint density at radius 3 is 2.42 bits per heavy atom. The number of rotatable bonds is 11. The molecular formula is C44H43ClN10O4. The van der Waals surface area contributed by atoms with Crippen molar-refractivity contribution in [2.45, 2.75) is 33.4 Å². The number of hydrogen-bond donors (Lipinski definition) is 4. The maximum Gasteiger partial charge on any atom is 0.330 e.